The molecule has 0 fully saturated rings. The van der Waals surface area contributed by atoms with E-state index in [0.29, 0.717) is 17.4 Å². The zero-order valence-electron chi connectivity index (χ0n) is 47.1. The summed E-state index contributed by atoms with van der Waals surface area (Å²) in [6.07, 6.45) is 64.7. The lowest BCUT2D eigenvalue weighted by molar-refractivity contribution is -0.870. The number of phosphoric acid groups is 1. The molecule has 3 unspecified atom stereocenters. The average Bonchev–Trinajstić information content (AvgIpc) is 3.31. The van der Waals surface area contributed by atoms with E-state index in [2.05, 4.69) is 19.2 Å². The molecule has 0 aromatic carbocycles. The summed E-state index contributed by atoms with van der Waals surface area (Å²) in [5.74, 6) is -0.169. The van der Waals surface area contributed by atoms with Crippen LogP contribution in [0.25, 0.3) is 0 Å². The number of quaternary nitrogens is 1. The number of hydrogen-bond donors (Lipinski definition) is 3. The van der Waals surface area contributed by atoms with Crippen molar-refractivity contribution in [1.82, 2.24) is 5.32 Å². The molecule has 0 aliphatic rings. The molecule has 0 spiro atoms. The number of amides is 1. The maximum Gasteiger partial charge on any atom is 0.472 e. The highest BCUT2D eigenvalue weighted by molar-refractivity contribution is 7.47. The minimum atomic E-state index is -4.34. The van der Waals surface area contributed by atoms with Crippen molar-refractivity contribution in [2.75, 3.05) is 40.9 Å². The molecule has 8 nitrogen and oxygen atoms in total. The number of aliphatic hydroxyl groups excluding tert-OH is 1. The topological polar surface area (TPSA) is 105 Å². The molecule has 0 bridgehead atoms. The average molecular weight is 999 g/mol. The van der Waals surface area contributed by atoms with Crippen LogP contribution in [-0.4, -0.2) is 73.4 Å². The van der Waals surface area contributed by atoms with Gasteiger partial charge in [-0.15, -0.1) is 0 Å². The number of phosphoric ester groups is 1. The summed E-state index contributed by atoms with van der Waals surface area (Å²) in [5, 5.41) is 14.0. The molecule has 1 amide bonds. The number of rotatable bonds is 57. The zero-order valence-corrected chi connectivity index (χ0v) is 48.0. The number of carbonyl (C=O) groups excluding carboxylic acids is 1. The van der Waals surface area contributed by atoms with E-state index in [0.717, 1.165) is 32.1 Å². The summed E-state index contributed by atoms with van der Waals surface area (Å²) in [4.78, 5) is 23.3. The Morgan fingerprint density at radius 3 is 1.07 bits per heavy atom. The van der Waals surface area contributed by atoms with Crippen LogP contribution in [0.3, 0.4) is 0 Å². The molecule has 0 radical (unpaired) electrons. The predicted molar refractivity (Wildman–Crippen MR) is 300 cm³/mol. The standard InChI is InChI=1S/C60H121N2O6P/c1-6-8-10-12-14-16-18-20-22-24-26-27-28-29-30-31-32-33-34-35-36-38-40-42-44-46-48-50-52-54-60(64)61-58(57-68-69(65,66)67-56-55-62(3,4)5)59(63)53-51-49-47-45-43-41-39-37-25-23-21-19-17-15-13-11-9-7-2/h51,53,58-59,63H,6-50,52,54-57H2,1-5H3,(H-,61,64,65,66)/p+1/b53-51+. The van der Waals surface area contributed by atoms with Crippen molar-refractivity contribution in [3.05, 3.63) is 12.2 Å². The Morgan fingerprint density at radius 1 is 0.478 bits per heavy atom. The van der Waals surface area contributed by atoms with E-state index in [-0.39, 0.29) is 19.1 Å². The smallest absolute Gasteiger partial charge is 0.387 e. The lowest BCUT2D eigenvalue weighted by Crippen LogP contribution is -2.45. The van der Waals surface area contributed by atoms with Gasteiger partial charge in [0.15, 0.2) is 0 Å². The number of nitrogens with zero attached hydrogens (tertiary/aromatic N) is 1. The van der Waals surface area contributed by atoms with Crippen molar-refractivity contribution in [3.63, 3.8) is 0 Å². The summed E-state index contributed by atoms with van der Waals surface area (Å²) in [6, 6.07) is -0.842. The quantitative estimate of drug-likeness (QED) is 0.0243. The highest BCUT2D eigenvalue weighted by Crippen LogP contribution is 2.43. The number of hydrogen-bond acceptors (Lipinski definition) is 5. The maximum atomic E-state index is 13.0. The molecule has 0 aliphatic carbocycles. The number of likely N-dealkylation sites (N-methyl/N-ethyl adjacent to an activating group) is 1. The fourth-order valence-electron chi connectivity index (χ4n) is 9.46. The van der Waals surface area contributed by atoms with Crippen molar-refractivity contribution < 1.29 is 32.9 Å². The summed E-state index contributed by atoms with van der Waals surface area (Å²) in [5.41, 5.74) is 0. The van der Waals surface area contributed by atoms with Gasteiger partial charge in [0.25, 0.3) is 0 Å². The molecule has 69 heavy (non-hydrogen) atoms. The molecule has 0 rings (SSSR count). The van der Waals surface area contributed by atoms with Gasteiger partial charge in [-0.2, -0.15) is 0 Å². The van der Waals surface area contributed by atoms with E-state index in [1.54, 1.807) is 6.08 Å². The SMILES string of the molecule is CCCCCCCCCCCCCCCCCC/C=C/C(O)C(COP(=O)(O)OCC[N+](C)(C)C)NC(=O)CCCCCCCCCCCCCCCCCCCCCCCCCCCCCCC. The normalized spacial score (nSPS) is 13.9. The molecule has 412 valence electrons. The molecular weight excluding hydrogens is 876 g/mol. The molecule has 3 N–H and O–H groups in total. The molecule has 0 saturated heterocycles. The third-order valence-corrected chi connectivity index (χ3v) is 15.2. The minimum Gasteiger partial charge on any atom is -0.387 e. The van der Waals surface area contributed by atoms with Gasteiger partial charge >= 0.3 is 7.82 Å². The minimum absolute atomic E-state index is 0.0652. The first kappa shape index (κ1) is 68.2. The Kier molecular flexibility index (Phi) is 51.5. The summed E-state index contributed by atoms with van der Waals surface area (Å²) < 4.78 is 23.7. The molecule has 0 saturated carbocycles. The molecule has 3 atom stereocenters. The van der Waals surface area contributed by atoms with Crippen LogP contribution in [0, 0.1) is 0 Å². The van der Waals surface area contributed by atoms with Gasteiger partial charge in [-0.05, 0) is 19.3 Å². The van der Waals surface area contributed by atoms with Crippen LogP contribution in [0.15, 0.2) is 12.2 Å². The first-order chi connectivity index (χ1) is 33.5. The van der Waals surface area contributed by atoms with Crippen LogP contribution in [0.1, 0.15) is 316 Å². The third kappa shape index (κ3) is 54.8. The monoisotopic (exact) mass is 998 g/mol. The van der Waals surface area contributed by atoms with Crippen LogP contribution in [-0.2, 0) is 18.4 Å². The molecule has 0 aromatic rings. The second-order valence-corrected chi connectivity index (χ2v) is 23.9. The number of allylic oxidation sites excluding steroid dienone is 1. The van der Waals surface area contributed by atoms with E-state index in [1.165, 1.54) is 263 Å². The summed E-state index contributed by atoms with van der Waals surface area (Å²) in [7, 11) is 1.59. The zero-order chi connectivity index (χ0) is 50.6. The second kappa shape index (κ2) is 52.1. The highest BCUT2D eigenvalue weighted by Gasteiger charge is 2.27. The number of nitrogens with one attached hydrogen (secondary N) is 1. The van der Waals surface area contributed by atoms with Crippen molar-refractivity contribution >= 4 is 13.7 Å². The van der Waals surface area contributed by atoms with E-state index in [1.807, 2.05) is 27.2 Å². The maximum absolute atomic E-state index is 13.0. The summed E-state index contributed by atoms with van der Waals surface area (Å²) in [6.45, 7) is 4.87. The van der Waals surface area contributed by atoms with Crippen molar-refractivity contribution in [1.29, 1.82) is 0 Å². The molecule has 0 heterocycles. The van der Waals surface area contributed by atoms with Gasteiger partial charge in [0.1, 0.15) is 13.2 Å². The van der Waals surface area contributed by atoms with Crippen LogP contribution in [0.4, 0.5) is 0 Å². The van der Waals surface area contributed by atoms with Gasteiger partial charge in [-0.3, -0.25) is 13.8 Å². The predicted octanol–water partition coefficient (Wildman–Crippen LogP) is 18.6. The van der Waals surface area contributed by atoms with Gasteiger partial charge in [0, 0.05) is 6.42 Å². The Balaban J connectivity index is 4.07. The molecular formula is C60H122N2O6P+. The van der Waals surface area contributed by atoms with Crippen LogP contribution in [0.2, 0.25) is 0 Å². The first-order valence-corrected chi connectivity index (χ1v) is 32.1. The lowest BCUT2D eigenvalue weighted by Gasteiger charge is -2.25. The number of aliphatic hydroxyl groups is 1. The highest BCUT2D eigenvalue weighted by atomic mass is 31.2. The van der Waals surface area contributed by atoms with Crippen LogP contribution in [0.5, 0.6) is 0 Å². The van der Waals surface area contributed by atoms with E-state index >= 15 is 0 Å². The summed E-state index contributed by atoms with van der Waals surface area (Å²) >= 11 is 0. The van der Waals surface area contributed by atoms with Crippen LogP contribution >= 0.6 is 7.82 Å². The molecule has 0 aliphatic heterocycles. The van der Waals surface area contributed by atoms with Gasteiger partial charge in [-0.25, -0.2) is 4.57 Å². The van der Waals surface area contributed by atoms with Crippen molar-refractivity contribution in [2.45, 2.75) is 328 Å². The Hall–Kier alpha value is -0.760. The van der Waals surface area contributed by atoms with Gasteiger partial charge < -0.3 is 19.8 Å². The first-order valence-electron chi connectivity index (χ1n) is 30.6. The molecule has 9 heteroatoms. The Bertz CT molecular complexity index is 1130. The number of unbranched alkanes of at least 4 members (excludes halogenated alkanes) is 44. The molecule has 0 aromatic heterocycles. The van der Waals surface area contributed by atoms with Crippen molar-refractivity contribution in [3.8, 4) is 0 Å². The fraction of sp³-hybridized carbons (Fsp3) is 0.950. The third-order valence-electron chi connectivity index (χ3n) is 14.3. The Morgan fingerprint density at radius 2 is 0.768 bits per heavy atom. The number of carbonyl (C=O) groups is 1. The lowest BCUT2D eigenvalue weighted by atomic mass is 10.0. The largest absolute Gasteiger partial charge is 0.472 e. The van der Waals surface area contributed by atoms with Gasteiger partial charge in [0.2, 0.25) is 5.91 Å². The van der Waals surface area contributed by atoms with E-state index < -0.39 is 20.0 Å². The fourth-order valence-corrected chi connectivity index (χ4v) is 10.2. The second-order valence-electron chi connectivity index (χ2n) is 22.4. The van der Waals surface area contributed by atoms with Gasteiger partial charge in [-0.1, -0.05) is 302 Å². The van der Waals surface area contributed by atoms with E-state index in [4.69, 9.17) is 9.05 Å². The van der Waals surface area contributed by atoms with Gasteiger partial charge in [0.05, 0.1) is 39.9 Å². The van der Waals surface area contributed by atoms with Crippen LogP contribution < -0.4 is 5.32 Å². The van der Waals surface area contributed by atoms with Crippen molar-refractivity contribution in [2.24, 2.45) is 0 Å². The van der Waals surface area contributed by atoms with E-state index in [9.17, 15) is 19.4 Å². The Labute approximate surface area is 431 Å².